The Kier molecular flexibility index (Phi) is 7.78. The van der Waals surface area contributed by atoms with Crippen molar-refractivity contribution in [2.45, 2.75) is 26.6 Å². The molecule has 162 valence electrons. The molecule has 0 aliphatic carbocycles. The monoisotopic (exact) mass is 426 g/mol. The molecule has 1 heterocycles. The van der Waals surface area contributed by atoms with E-state index in [1.807, 2.05) is 0 Å². The van der Waals surface area contributed by atoms with Gasteiger partial charge in [-0.25, -0.2) is 9.78 Å². The molecule has 1 aromatic heterocycles. The van der Waals surface area contributed by atoms with Crippen LogP contribution in [-0.4, -0.2) is 41.4 Å². The number of benzene rings is 1. The molecule has 4 N–H and O–H groups in total. The highest BCUT2D eigenvalue weighted by atomic mass is 19.4. The van der Waals surface area contributed by atoms with Gasteiger partial charge in [-0.2, -0.15) is 4.98 Å². The number of nitrogens with one attached hydrogen (secondary N) is 4. The lowest BCUT2D eigenvalue weighted by Gasteiger charge is -2.11. The predicted octanol–water partition coefficient (Wildman–Crippen LogP) is 3.27. The number of nitrogens with zero attached hydrogens (tertiary/aromatic N) is 2. The van der Waals surface area contributed by atoms with Gasteiger partial charge in [0.05, 0.1) is 0 Å². The Morgan fingerprint density at radius 1 is 1.07 bits per heavy atom. The number of alkyl halides is 3. The summed E-state index contributed by atoms with van der Waals surface area (Å²) in [5.41, 5.74) is 0.865. The molecule has 0 atom stereocenters. The van der Waals surface area contributed by atoms with E-state index in [2.05, 4.69) is 36.0 Å². The summed E-state index contributed by atoms with van der Waals surface area (Å²) in [6, 6.07) is 5.71. The summed E-state index contributed by atoms with van der Waals surface area (Å²) in [7, 11) is 0. The molecule has 1 aromatic carbocycles. The highest BCUT2D eigenvalue weighted by Gasteiger charge is 2.30. The first kappa shape index (κ1) is 22.7. The SMILES string of the molecule is CC(=O)NCCCNc1cc(C)nc(NC(=O)Nc2ccc(OC(F)(F)F)cc2)n1. The Morgan fingerprint density at radius 2 is 1.77 bits per heavy atom. The average molecular weight is 426 g/mol. The number of urea groups is 1. The molecule has 0 aliphatic rings. The van der Waals surface area contributed by atoms with Crippen molar-refractivity contribution in [2.75, 3.05) is 29.0 Å². The highest BCUT2D eigenvalue weighted by molar-refractivity contribution is 5.98. The molecule has 9 nitrogen and oxygen atoms in total. The van der Waals surface area contributed by atoms with Gasteiger partial charge < -0.3 is 20.7 Å². The zero-order chi connectivity index (χ0) is 22.1. The van der Waals surface area contributed by atoms with Crippen molar-refractivity contribution >= 4 is 29.4 Å². The number of halogens is 3. The van der Waals surface area contributed by atoms with Crippen LogP contribution < -0.4 is 26.0 Å². The minimum Gasteiger partial charge on any atom is -0.406 e. The van der Waals surface area contributed by atoms with Crippen LogP contribution in [-0.2, 0) is 4.79 Å². The molecule has 30 heavy (non-hydrogen) atoms. The Labute approximate surface area is 170 Å². The molecule has 0 bridgehead atoms. The summed E-state index contributed by atoms with van der Waals surface area (Å²) in [4.78, 5) is 31.2. The first-order valence-electron chi connectivity index (χ1n) is 8.88. The van der Waals surface area contributed by atoms with Gasteiger partial charge in [0.2, 0.25) is 11.9 Å². The Balaban J connectivity index is 1.88. The van der Waals surface area contributed by atoms with E-state index in [0.29, 0.717) is 31.0 Å². The van der Waals surface area contributed by atoms with Crippen molar-refractivity contribution in [1.82, 2.24) is 15.3 Å². The van der Waals surface area contributed by atoms with E-state index < -0.39 is 18.1 Å². The molecule has 2 aromatic rings. The molecule has 0 saturated carbocycles. The first-order chi connectivity index (χ1) is 14.1. The van der Waals surface area contributed by atoms with Crippen LogP contribution >= 0.6 is 0 Å². The van der Waals surface area contributed by atoms with Crippen molar-refractivity contribution in [1.29, 1.82) is 0 Å². The second kappa shape index (κ2) is 10.3. The van der Waals surface area contributed by atoms with Crippen molar-refractivity contribution in [3.63, 3.8) is 0 Å². The van der Waals surface area contributed by atoms with E-state index in [-0.39, 0.29) is 17.5 Å². The van der Waals surface area contributed by atoms with E-state index in [1.165, 1.54) is 19.1 Å². The topological polar surface area (TPSA) is 117 Å². The number of anilines is 3. The lowest BCUT2D eigenvalue weighted by atomic mass is 10.3. The van der Waals surface area contributed by atoms with Gasteiger partial charge >= 0.3 is 12.4 Å². The van der Waals surface area contributed by atoms with Gasteiger partial charge in [-0.05, 0) is 37.6 Å². The van der Waals surface area contributed by atoms with Crippen LogP contribution in [0.3, 0.4) is 0 Å². The number of carbonyl (C=O) groups excluding carboxylic acids is 2. The van der Waals surface area contributed by atoms with Gasteiger partial charge in [-0.3, -0.25) is 10.1 Å². The van der Waals surface area contributed by atoms with E-state index in [4.69, 9.17) is 0 Å². The van der Waals surface area contributed by atoms with Gasteiger partial charge in [0, 0.05) is 37.5 Å². The number of amides is 3. The third kappa shape index (κ3) is 8.63. The molecule has 0 aliphatic heterocycles. The quantitative estimate of drug-likeness (QED) is 0.482. The van der Waals surface area contributed by atoms with Gasteiger partial charge in [0.15, 0.2) is 0 Å². The largest absolute Gasteiger partial charge is 0.573 e. The first-order valence-corrected chi connectivity index (χ1v) is 8.88. The normalized spacial score (nSPS) is 10.8. The van der Waals surface area contributed by atoms with E-state index in [9.17, 15) is 22.8 Å². The molecule has 0 spiro atoms. The summed E-state index contributed by atoms with van der Waals surface area (Å²) in [5, 5.41) is 10.7. The maximum Gasteiger partial charge on any atom is 0.573 e. The van der Waals surface area contributed by atoms with E-state index in [0.717, 1.165) is 12.1 Å². The van der Waals surface area contributed by atoms with Gasteiger partial charge in [-0.15, -0.1) is 13.2 Å². The molecular weight excluding hydrogens is 405 g/mol. The second-order valence-corrected chi connectivity index (χ2v) is 6.13. The van der Waals surface area contributed by atoms with Crippen LogP contribution in [0.5, 0.6) is 5.75 Å². The molecule has 0 unspecified atom stereocenters. The number of carbonyl (C=O) groups is 2. The minimum atomic E-state index is -4.79. The molecule has 12 heteroatoms. The number of aryl methyl sites for hydroxylation is 1. The summed E-state index contributed by atoms with van der Waals surface area (Å²) in [6.07, 6.45) is -4.11. The van der Waals surface area contributed by atoms with Crippen LogP contribution in [0.2, 0.25) is 0 Å². The van der Waals surface area contributed by atoms with Crippen molar-refractivity contribution in [3.8, 4) is 5.75 Å². The van der Waals surface area contributed by atoms with Crippen molar-refractivity contribution in [3.05, 3.63) is 36.0 Å². The number of aromatic nitrogens is 2. The lowest BCUT2D eigenvalue weighted by Crippen LogP contribution is -2.23. The van der Waals surface area contributed by atoms with E-state index >= 15 is 0 Å². The number of ether oxygens (including phenoxy) is 1. The molecule has 3 amide bonds. The third-order valence-corrected chi connectivity index (χ3v) is 3.46. The standard InChI is InChI=1S/C18H21F3N6O3/c1-11-10-15(23-9-3-8-22-12(2)28)26-16(24-11)27-17(29)25-13-4-6-14(7-5-13)30-18(19,20)21/h4-7,10H,3,8-9H2,1-2H3,(H,22,28)(H3,23,24,25,26,27,29). The zero-order valence-electron chi connectivity index (χ0n) is 16.3. The molecule has 2 rings (SSSR count). The maximum atomic E-state index is 12.2. The number of hydrogen-bond acceptors (Lipinski definition) is 6. The minimum absolute atomic E-state index is 0.0499. The van der Waals surface area contributed by atoms with E-state index in [1.54, 1.807) is 13.0 Å². The van der Waals surface area contributed by atoms with Gasteiger partial charge in [0.1, 0.15) is 11.6 Å². The van der Waals surface area contributed by atoms with Gasteiger partial charge in [-0.1, -0.05) is 0 Å². The molecule has 0 saturated heterocycles. The summed E-state index contributed by atoms with van der Waals surface area (Å²) < 4.78 is 40.3. The average Bonchev–Trinajstić information content (AvgIpc) is 2.61. The fourth-order valence-corrected chi connectivity index (χ4v) is 2.29. The maximum absolute atomic E-state index is 12.2. The number of hydrogen-bond donors (Lipinski definition) is 4. The predicted molar refractivity (Wildman–Crippen MR) is 104 cm³/mol. The van der Waals surface area contributed by atoms with Crippen molar-refractivity contribution in [2.24, 2.45) is 0 Å². The van der Waals surface area contributed by atoms with Crippen LogP contribution in [0.15, 0.2) is 30.3 Å². The fourth-order valence-electron chi connectivity index (χ4n) is 2.29. The number of rotatable bonds is 8. The zero-order valence-corrected chi connectivity index (χ0v) is 16.3. The highest BCUT2D eigenvalue weighted by Crippen LogP contribution is 2.24. The molecular formula is C18H21F3N6O3. The van der Waals surface area contributed by atoms with Gasteiger partial charge in [0.25, 0.3) is 0 Å². The second-order valence-electron chi connectivity index (χ2n) is 6.13. The van der Waals surface area contributed by atoms with Crippen LogP contribution in [0.4, 0.5) is 35.4 Å². The Hall–Kier alpha value is -3.57. The fraction of sp³-hybridized carbons (Fsp3) is 0.333. The van der Waals surface area contributed by atoms with Crippen molar-refractivity contribution < 1.29 is 27.5 Å². The lowest BCUT2D eigenvalue weighted by molar-refractivity contribution is -0.274. The Bertz CT molecular complexity index is 874. The van der Waals surface area contributed by atoms with Crippen LogP contribution in [0.1, 0.15) is 19.0 Å². The Morgan fingerprint density at radius 3 is 2.40 bits per heavy atom. The smallest absolute Gasteiger partial charge is 0.406 e. The third-order valence-electron chi connectivity index (χ3n) is 3.46. The molecule has 0 radical (unpaired) electrons. The van der Waals surface area contributed by atoms with Crippen LogP contribution in [0.25, 0.3) is 0 Å². The summed E-state index contributed by atoms with van der Waals surface area (Å²) in [6.45, 7) is 4.24. The summed E-state index contributed by atoms with van der Waals surface area (Å²) >= 11 is 0. The van der Waals surface area contributed by atoms with Crippen LogP contribution in [0, 0.1) is 6.92 Å². The molecule has 0 fully saturated rings. The summed E-state index contributed by atoms with van der Waals surface area (Å²) in [5.74, 6) is 0.0424.